The largest absolute Gasteiger partial charge is 0.409 e. The third-order valence-electron chi connectivity index (χ3n) is 6.00. The molecule has 0 fully saturated rings. The van der Waals surface area contributed by atoms with E-state index in [-0.39, 0.29) is 17.2 Å². The number of aliphatic hydroxyl groups excluding tert-OH is 1. The Morgan fingerprint density at radius 2 is 1.72 bits per heavy atom. The van der Waals surface area contributed by atoms with Crippen LogP contribution < -0.4 is 0 Å². The first-order chi connectivity index (χ1) is 14.7. The van der Waals surface area contributed by atoms with Gasteiger partial charge >= 0.3 is 0 Å². The molecule has 0 aromatic heterocycles. The van der Waals surface area contributed by atoms with Crippen LogP contribution in [0.3, 0.4) is 0 Å². The van der Waals surface area contributed by atoms with Gasteiger partial charge in [0.1, 0.15) is 14.2 Å². The summed E-state index contributed by atoms with van der Waals surface area (Å²) in [6.07, 6.45) is -0.969. The van der Waals surface area contributed by atoms with E-state index < -0.39 is 22.5 Å². The normalized spacial score (nSPS) is 20.3. The van der Waals surface area contributed by atoms with E-state index >= 15 is 0 Å². The van der Waals surface area contributed by atoms with E-state index in [9.17, 15) is 5.11 Å². The van der Waals surface area contributed by atoms with Gasteiger partial charge in [0, 0.05) is 22.9 Å². The summed E-state index contributed by atoms with van der Waals surface area (Å²) in [7, 11) is -3.73. The van der Waals surface area contributed by atoms with Crippen LogP contribution in [-0.4, -0.2) is 39.8 Å². The van der Waals surface area contributed by atoms with Gasteiger partial charge in [-0.2, -0.15) is 0 Å². The van der Waals surface area contributed by atoms with Crippen molar-refractivity contribution in [3.63, 3.8) is 0 Å². The highest BCUT2D eigenvalue weighted by molar-refractivity contribution is 6.83. The fourth-order valence-corrected chi connectivity index (χ4v) is 5.12. The Hall–Kier alpha value is -1.32. The van der Waals surface area contributed by atoms with Gasteiger partial charge in [-0.1, -0.05) is 76.7 Å². The van der Waals surface area contributed by atoms with E-state index in [2.05, 4.69) is 76.3 Å². The minimum Gasteiger partial charge on any atom is -0.409 e. The zero-order valence-corrected chi connectivity index (χ0v) is 23.4. The number of benzene rings is 1. The number of aliphatic hydroxyl groups is 1. The Bertz CT molecular complexity index is 935. The fraction of sp³-hybridized carbons (Fsp3) is 0.538. The lowest BCUT2D eigenvalue weighted by Gasteiger charge is -2.38. The number of ether oxygens (including phenoxy) is 1. The van der Waals surface area contributed by atoms with Crippen LogP contribution in [0.5, 0.6) is 0 Å². The van der Waals surface area contributed by atoms with Gasteiger partial charge in [-0.15, -0.1) is 5.54 Å². The predicted molar refractivity (Wildman–Crippen MR) is 139 cm³/mol. The second-order valence-corrected chi connectivity index (χ2v) is 20.6. The smallest absolute Gasteiger partial charge is 0.192 e. The standard InChI is InChI=1S/C26H37ClO3Si2/c1-26(2,3)32(7,8)30-23-18-24(29-19-20-12-10-9-11-13-20)25(22(28)14-16-27)21(23)15-17-31(4,5)6/h9-13,22-24,28H,18-19H2,1-8H3/t22-,23-,24+/m1/s1. The summed E-state index contributed by atoms with van der Waals surface area (Å²) in [5.41, 5.74) is 6.05. The van der Waals surface area contributed by atoms with E-state index in [1.54, 1.807) is 0 Å². The average molecular weight is 489 g/mol. The maximum Gasteiger partial charge on any atom is 0.192 e. The van der Waals surface area contributed by atoms with Gasteiger partial charge in [0.25, 0.3) is 0 Å². The zero-order valence-electron chi connectivity index (χ0n) is 20.7. The molecule has 0 radical (unpaired) electrons. The van der Waals surface area contributed by atoms with Gasteiger partial charge in [-0.3, -0.25) is 0 Å². The number of rotatable bonds is 6. The van der Waals surface area contributed by atoms with Crippen LogP contribution in [-0.2, 0) is 15.8 Å². The quantitative estimate of drug-likeness (QED) is 0.388. The molecular formula is C26H37ClO3Si2. The molecule has 3 atom stereocenters. The predicted octanol–water partition coefficient (Wildman–Crippen LogP) is 6.10. The topological polar surface area (TPSA) is 38.7 Å². The molecule has 3 nitrogen and oxygen atoms in total. The third-order valence-corrected chi connectivity index (χ3v) is 11.5. The van der Waals surface area contributed by atoms with Crippen LogP contribution in [0.1, 0.15) is 32.8 Å². The molecule has 0 amide bonds. The van der Waals surface area contributed by atoms with Crippen LogP contribution in [0.25, 0.3) is 0 Å². The Labute approximate surface area is 201 Å². The lowest BCUT2D eigenvalue weighted by Crippen LogP contribution is -2.44. The molecule has 0 spiro atoms. The highest BCUT2D eigenvalue weighted by atomic mass is 35.5. The summed E-state index contributed by atoms with van der Waals surface area (Å²) in [6.45, 7) is 18.2. The molecule has 1 aliphatic carbocycles. The number of hydrogen-bond acceptors (Lipinski definition) is 3. The Kier molecular flexibility index (Phi) is 9.04. The Morgan fingerprint density at radius 3 is 2.25 bits per heavy atom. The summed E-state index contributed by atoms with van der Waals surface area (Å²) < 4.78 is 13.1. The van der Waals surface area contributed by atoms with Crippen molar-refractivity contribution in [3.8, 4) is 22.8 Å². The SMILES string of the molecule is CC(C)(C)[Si](C)(C)O[C@@H]1C[C@H](OCc2ccccc2)C([C@H](O)C#CCl)=C1C#C[Si](C)(C)C. The maximum absolute atomic E-state index is 10.9. The van der Waals surface area contributed by atoms with E-state index in [0.717, 1.165) is 11.1 Å². The molecule has 1 aromatic rings. The summed E-state index contributed by atoms with van der Waals surface area (Å²) in [5.74, 6) is 6.09. The summed E-state index contributed by atoms with van der Waals surface area (Å²) in [4.78, 5) is 0. The first-order valence-electron chi connectivity index (χ1n) is 11.1. The lowest BCUT2D eigenvalue weighted by atomic mass is 10.0. The highest BCUT2D eigenvalue weighted by Crippen LogP contribution is 2.42. The molecule has 2 rings (SSSR count). The van der Waals surface area contributed by atoms with Crippen molar-refractivity contribution < 1.29 is 14.3 Å². The third kappa shape index (κ3) is 7.35. The van der Waals surface area contributed by atoms with Crippen molar-refractivity contribution >= 4 is 28.0 Å². The van der Waals surface area contributed by atoms with Gasteiger partial charge in [0.05, 0.1) is 18.8 Å². The van der Waals surface area contributed by atoms with E-state index in [4.69, 9.17) is 20.8 Å². The fourth-order valence-electron chi connectivity index (χ4n) is 3.23. The lowest BCUT2D eigenvalue weighted by molar-refractivity contribution is 0.0398. The minimum absolute atomic E-state index is 0.0576. The zero-order chi connectivity index (χ0) is 24.2. The molecule has 1 aromatic carbocycles. The molecule has 1 aliphatic rings. The molecule has 0 aliphatic heterocycles. The van der Waals surface area contributed by atoms with Gasteiger partial charge in [-0.25, -0.2) is 0 Å². The van der Waals surface area contributed by atoms with E-state index in [0.29, 0.717) is 18.6 Å². The van der Waals surface area contributed by atoms with Gasteiger partial charge in [-0.05, 0) is 41.2 Å². The first kappa shape index (κ1) is 26.9. The van der Waals surface area contributed by atoms with Crippen molar-refractivity contribution in [1.82, 2.24) is 0 Å². The van der Waals surface area contributed by atoms with Crippen molar-refractivity contribution in [3.05, 3.63) is 47.0 Å². The molecule has 0 saturated heterocycles. The number of halogens is 1. The molecule has 0 heterocycles. The minimum atomic E-state index is -2.08. The summed E-state index contributed by atoms with van der Waals surface area (Å²) in [5, 5.41) is 13.3. The average Bonchev–Trinajstić information content (AvgIpc) is 3.01. The Balaban J connectivity index is 2.49. The number of hydrogen-bond donors (Lipinski definition) is 1. The van der Waals surface area contributed by atoms with Gasteiger partial charge in [0.15, 0.2) is 8.32 Å². The van der Waals surface area contributed by atoms with E-state index in [1.165, 1.54) is 0 Å². The second-order valence-electron chi connectivity index (χ2n) is 10.9. The van der Waals surface area contributed by atoms with Crippen molar-refractivity contribution in [1.29, 1.82) is 0 Å². The highest BCUT2D eigenvalue weighted by Gasteiger charge is 2.44. The molecule has 1 N–H and O–H groups in total. The summed E-state index contributed by atoms with van der Waals surface area (Å²) in [6, 6.07) is 10.0. The molecule has 6 heteroatoms. The van der Waals surface area contributed by atoms with Crippen LogP contribution in [0.2, 0.25) is 37.8 Å². The molecule has 0 bridgehead atoms. The Morgan fingerprint density at radius 1 is 1.09 bits per heavy atom. The van der Waals surface area contributed by atoms with Gasteiger partial charge < -0.3 is 14.3 Å². The van der Waals surface area contributed by atoms with Crippen molar-refractivity contribution in [2.75, 3.05) is 0 Å². The van der Waals surface area contributed by atoms with Crippen LogP contribution >= 0.6 is 11.6 Å². The van der Waals surface area contributed by atoms with Crippen LogP contribution in [0.15, 0.2) is 41.5 Å². The molecule has 32 heavy (non-hydrogen) atoms. The van der Waals surface area contributed by atoms with Gasteiger partial charge in [0.2, 0.25) is 0 Å². The molecular weight excluding hydrogens is 452 g/mol. The van der Waals surface area contributed by atoms with Crippen molar-refractivity contribution in [2.24, 2.45) is 0 Å². The maximum atomic E-state index is 10.9. The summed E-state index contributed by atoms with van der Waals surface area (Å²) >= 11 is 5.66. The van der Waals surface area contributed by atoms with Crippen LogP contribution in [0.4, 0.5) is 0 Å². The molecule has 174 valence electrons. The first-order valence-corrected chi connectivity index (χ1v) is 17.9. The second kappa shape index (κ2) is 10.7. The monoisotopic (exact) mass is 488 g/mol. The van der Waals surface area contributed by atoms with Crippen molar-refractivity contribution in [2.45, 2.75) is 89.9 Å². The molecule has 0 unspecified atom stereocenters. The molecule has 0 saturated carbocycles. The van der Waals surface area contributed by atoms with E-state index in [1.807, 2.05) is 30.3 Å². The van der Waals surface area contributed by atoms with Crippen LogP contribution in [0, 0.1) is 22.8 Å².